The predicted molar refractivity (Wildman–Crippen MR) is 115 cm³/mol. The number of anilines is 1. The second-order valence-electron chi connectivity index (χ2n) is 6.92. The van der Waals surface area contributed by atoms with Crippen molar-refractivity contribution in [1.82, 2.24) is 9.13 Å². The minimum absolute atomic E-state index is 0.211. The number of aryl methyl sites for hydroxylation is 3. The zero-order chi connectivity index (χ0) is 22.2. The highest BCUT2D eigenvalue weighted by Crippen LogP contribution is 2.38. The Bertz CT molecular complexity index is 1280. The molecule has 0 bridgehead atoms. The lowest BCUT2D eigenvalue weighted by molar-refractivity contribution is 0.0603. The van der Waals surface area contributed by atoms with E-state index in [0.717, 1.165) is 37.2 Å². The number of carbonyl (C=O) groups is 2. The van der Waals surface area contributed by atoms with Crippen LogP contribution in [0.4, 0.5) is 5.00 Å². The minimum atomic E-state index is -0.721. The van der Waals surface area contributed by atoms with Gasteiger partial charge in [-0.3, -0.25) is 14.2 Å². The highest BCUT2D eigenvalue weighted by atomic mass is 32.1. The molecule has 30 heavy (non-hydrogen) atoms. The second-order valence-corrected chi connectivity index (χ2v) is 7.80. The molecule has 3 rings (SSSR count). The molecule has 0 fully saturated rings. The van der Waals surface area contributed by atoms with Crippen LogP contribution in [0.2, 0.25) is 0 Å². The first-order valence-corrected chi connectivity index (χ1v) is 9.89. The SMILES string of the molecule is COC(=O)c1c(-c2cc(C)ccc2C)csc1NC(=O)c1cn(C)c(=O)n(C)c1=O. The van der Waals surface area contributed by atoms with Crippen molar-refractivity contribution < 1.29 is 14.3 Å². The molecule has 3 aromatic rings. The average molecular weight is 427 g/mol. The molecule has 1 aromatic carbocycles. The Morgan fingerprint density at radius 1 is 1.10 bits per heavy atom. The number of benzene rings is 1. The number of esters is 1. The maximum atomic E-state index is 12.8. The summed E-state index contributed by atoms with van der Waals surface area (Å²) in [5.41, 5.74) is 2.22. The second kappa shape index (κ2) is 8.11. The van der Waals surface area contributed by atoms with E-state index in [2.05, 4.69) is 5.32 Å². The van der Waals surface area contributed by atoms with Crippen molar-refractivity contribution in [1.29, 1.82) is 0 Å². The number of nitrogens with one attached hydrogen (secondary N) is 1. The summed E-state index contributed by atoms with van der Waals surface area (Å²) in [4.78, 5) is 49.6. The summed E-state index contributed by atoms with van der Waals surface area (Å²) < 4.78 is 6.94. The Morgan fingerprint density at radius 2 is 1.80 bits per heavy atom. The van der Waals surface area contributed by atoms with E-state index in [9.17, 15) is 19.2 Å². The number of nitrogens with zero attached hydrogens (tertiary/aromatic N) is 2. The van der Waals surface area contributed by atoms with E-state index in [1.807, 2.05) is 32.0 Å². The summed E-state index contributed by atoms with van der Waals surface area (Å²) >= 11 is 1.16. The maximum absolute atomic E-state index is 12.8. The molecule has 156 valence electrons. The molecule has 0 saturated carbocycles. The molecule has 0 atom stereocenters. The molecular weight excluding hydrogens is 406 g/mol. The number of amides is 1. The van der Waals surface area contributed by atoms with Crippen molar-refractivity contribution in [2.24, 2.45) is 14.1 Å². The Morgan fingerprint density at radius 3 is 2.47 bits per heavy atom. The quantitative estimate of drug-likeness (QED) is 0.645. The Labute approximate surface area is 176 Å². The number of methoxy groups -OCH3 is 1. The largest absolute Gasteiger partial charge is 0.465 e. The van der Waals surface area contributed by atoms with Gasteiger partial charge in [0.2, 0.25) is 0 Å². The van der Waals surface area contributed by atoms with Gasteiger partial charge in [-0.25, -0.2) is 9.59 Å². The Hall–Kier alpha value is -3.46. The van der Waals surface area contributed by atoms with Gasteiger partial charge < -0.3 is 14.6 Å². The topological polar surface area (TPSA) is 99.4 Å². The molecule has 9 heteroatoms. The number of carbonyl (C=O) groups excluding carboxylic acids is 2. The van der Waals surface area contributed by atoms with Gasteiger partial charge in [0.1, 0.15) is 16.1 Å². The standard InChI is InChI=1S/C21H21N3O5S/c1-11-6-7-12(2)13(8-11)15-10-30-18(16(15)20(27)29-5)22-17(25)14-9-23(3)21(28)24(4)19(14)26/h6-10H,1-5H3,(H,22,25). The molecule has 0 spiro atoms. The summed E-state index contributed by atoms with van der Waals surface area (Å²) in [6.07, 6.45) is 1.18. The van der Waals surface area contributed by atoms with E-state index in [0.29, 0.717) is 5.56 Å². The van der Waals surface area contributed by atoms with Crippen LogP contribution in [0.1, 0.15) is 31.8 Å². The lowest BCUT2D eigenvalue weighted by Crippen LogP contribution is -2.40. The minimum Gasteiger partial charge on any atom is -0.465 e. The van der Waals surface area contributed by atoms with Crippen molar-refractivity contribution in [3.63, 3.8) is 0 Å². The van der Waals surface area contributed by atoms with Gasteiger partial charge in [0.25, 0.3) is 11.5 Å². The van der Waals surface area contributed by atoms with Crippen LogP contribution in [0, 0.1) is 13.8 Å². The molecule has 0 saturated heterocycles. The van der Waals surface area contributed by atoms with Crippen LogP contribution in [0.3, 0.4) is 0 Å². The fraction of sp³-hybridized carbons (Fsp3) is 0.238. The van der Waals surface area contributed by atoms with Crippen LogP contribution in [-0.4, -0.2) is 28.1 Å². The van der Waals surface area contributed by atoms with Gasteiger partial charge in [0.15, 0.2) is 0 Å². The molecule has 1 amide bonds. The van der Waals surface area contributed by atoms with Crippen molar-refractivity contribution in [3.8, 4) is 11.1 Å². The lowest BCUT2D eigenvalue weighted by Gasteiger charge is -2.11. The Balaban J connectivity index is 2.10. The zero-order valence-corrected chi connectivity index (χ0v) is 18.0. The molecule has 1 N–H and O–H groups in total. The van der Waals surface area contributed by atoms with Gasteiger partial charge in [0.05, 0.1) is 7.11 Å². The van der Waals surface area contributed by atoms with Gasteiger partial charge >= 0.3 is 11.7 Å². The first-order valence-electron chi connectivity index (χ1n) is 9.01. The summed E-state index contributed by atoms with van der Waals surface area (Å²) in [6.45, 7) is 3.88. The molecule has 0 aliphatic carbocycles. The van der Waals surface area contributed by atoms with Crippen LogP contribution < -0.4 is 16.6 Å². The molecule has 0 unspecified atom stereocenters. The molecular formula is C21H21N3O5S. The Kier molecular flexibility index (Phi) is 5.75. The zero-order valence-electron chi connectivity index (χ0n) is 17.2. The number of rotatable bonds is 4. The van der Waals surface area contributed by atoms with Gasteiger partial charge in [0, 0.05) is 31.2 Å². The lowest BCUT2D eigenvalue weighted by atomic mass is 9.97. The fourth-order valence-corrected chi connectivity index (χ4v) is 4.06. The fourth-order valence-electron chi connectivity index (χ4n) is 3.11. The van der Waals surface area contributed by atoms with Gasteiger partial charge in [-0.15, -0.1) is 11.3 Å². The van der Waals surface area contributed by atoms with E-state index in [1.54, 1.807) is 5.38 Å². The third-order valence-corrected chi connectivity index (χ3v) is 5.68. The smallest absolute Gasteiger partial charge is 0.341 e. The monoisotopic (exact) mass is 427 g/mol. The number of ether oxygens (including phenoxy) is 1. The third kappa shape index (κ3) is 3.71. The van der Waals surface area contributed by atoms with Crippen molar-refractivity contribution in [2.45, 2.75) is 13.8 Å². The van der Waals surface area contributed by atoms with Gasteiger partial charge in [-0.2, -0.15) is 0 Å². The molecule has 2 aromatic heterocycles. The molecule has 0 aliphatic rings. The summed E-state index contributed by atoms with van der Waals surface area (Å²) in [5.74, 6) is -1.32. The predicted octanol–water partition coefficient (Wildman–Crippen LogP) is 2.47. The van der Waals surface area contributed by atoms with Crippen LogP contribution in [0.5, 0.6) is 0 Å². The number of thiophene rings is 1. The van der Waals surface area contributed by atoms with Crippen molar-refractivity contribution >= 4 is 28.2 Å². The van der Waals surface area contributed by atoms with E-state index in [1.165, 1.54) is 27.4 Å². The average Bonchev–Trinajstić information content (AvgIpc) is 3.13. The molecule has 8 nitrogen and oxygen atoms in total. The van der Waals surface area contributed by atoms with E-state index < -0.39 is 23.1 Å². The van der Waals surface area contributed by atoms with Gasteiger partial charge in [-0.05, 0) is 25.0 Å². The molecule has 0 radical (unpaired) electrons. The first kappa shape index (κ1) is 21.3. The van der Waals surface area contributed by atoms with Crippen LogP contribution in [0.15, 0.2) is 39.4 Å². The summed E-state index contributed by atoms with van der Waals surface area (Å²) in [6, 6.07) is 5.88. The summed E-state index contributed by atoms with van der Waals surface area (Å²) in [7, 11) is 4.01. The van der Waals surface area contributed by atoms with Crippen LogP contribution in [0.25, 0.3) is 11.1 Å². The van der Waals surface area contributed by atoms with Gasteiger partial charge in [-0.1, -0.05) is 23.8 Å². The van der Waals surface area contributed by atoms with Crippen molar-refractivity contribution in [2.75, 3.05) is 12.4 Å². The highest BCUT2D eigenvalue weighted by Gasteiger charge is 2.24. The van der Waals surface area contributed by atoms with Crippen LogP contribution in [-0.2, 0) is 18.8 Å². The van der Waals surface area contributed by atoms with Crippen LogP contribution >= 0.6 is 11.3 Å². The number of aromatic nitrogens is 2. The maximum Gasteiger partial charge on any atom is 0.341 e. The number of hydrogen-bond acceptors (Lipinski definition) is 6. The van der Waals surface area contributed by atoms with E-state index in [4.69, 9.17) is 4.74 Å². The third-order valence-electron chi connectivity index (χ3n) is 4.78. The van der Waals surface area contributed by atoms with E-state index in [-0.39, 0.29) is 16.1 Å². The normalized spacial score (nSPS) is 10.7. The van der Waals surface area contributed by atoms with E-state index >= 15 is 0 Å². The van der Waals surface area contributed by atoms with Crippen molar-refractivity contribution in [3.05, 3.63) is 72.9 Å². The molecule has 2 heterocycles. The number of hydrogen-bond donors (Lipinski definition) is 1. The molecule has 0 aliphatic heterocycles. The summed E-state index contributed by atoms with van der Waals surface area (Å²) in [5, 5.41) is 4.66. The highest BCUT2D eigenvalue weighted by molar-refractivity contribution is 7.15. The first-order chi connectivity index (χ1) is 14.1.